The van der Waals surface area contributed by atoms with Crippen LogP contribution in [-0.4, -0.2) is 45.1 Å². The van der Waals surface area contributed by atoms with E-state index in [0.717, 1.165) is 12.1 Å². The molecule has 0 aliphatic carbocycles. The van der Waals surface area contributed by atoms with Gasteiger partial charge in [-0.3, -0.25) is 4.79 Å². The molecule has 18 heavy (non-hydrogen) atoms. The van der Waals surface area contributed by atoms with Gasteiger partial charge in [-0.05, 0) is 19.2 Å². The molecule has 0 aliphatic heterocycles. The van der Waals surface area contributed by atoms with Crippen molar-refractivity contribution in [3.8, 4) is 5.75 Å². The summed E-state index contributed by atoms with van der Waals surface area (Å²) in [5, 5.41) is 2.87. The van der Waals surface area contributed by atoms with E-state index < -0.39 is 17.5 Å². The maximum atomic E-state index is 13.6. The monoisotopic (exact) mass is 258 g/mol. The van der Waals surface area contributed by atoms with Gasteiger partial charge in [-0.25, -0.2) is 8.78 Å². The summed E-state index contributed by atoms with van der Waals surface area (Å²) in [6.45, 7) is 0.940. The fourth-order valence-corrected chi connectivity index (χ4v) is 1.50. The van der Waals surface area contributed by atoms with E-state index in [-0.39, 0.29) is 11.3 Å². The second-order valence-corrected chi connectivity index (χ2v) is 3.77. The molecule has 0 aromatic heterocycles. The van der Waals surface area contributed by atoms with Gasteiger partial charge in [0.1, 0.15) is 11.4 Å². The molecular weight excluding hydrogens is 242 g/mol. The van der Waals surface area contributed by atoms with E-state index in [1.54, 1.807) is 7.05 Å². The molecule has 0 unspecified atom stereocenters. The summed E-state index contributed by atoms with van der Waals surface area (Å²) in [6.07, 6.45) is 0. The van der Waals surface area contributed by atoms with Gasteiger partial charge in [0, 0.05) is 20.1 Å². The quantitative estimate of drug-likeness (QED) is 0.864. The predicted molar refractivity (Wildman–Crippen MR) is 63.8 cm³/mol. The van der Waals surface area contributed by atoms with Crippen LogP contribution in [-0.2, 0) is 0 Å². The maximum absolute atomic E-state index is 13.6. The van der Waals surface area contributed by atoms with Crippen LogP contribution in [0.2, 0.25) is 0 Å². The van der Waals surface area contributed by atoms with Crippen molar-refractivity contribution in [1.29, 1.82) is 0 Å². The standard InChI is InChI=1S/C12H16F2N2O2/c1-15-6-7-16(2)12(17)10-8(13)4-5-9(14)11(10)18-3/h4-5,15H,6-7H2,1-3H3. The minimum atomic E-state index is -0.797. The number of methoxy groups -OCH3 is 1. The van der Waals surface area contributed by atoms with Gasteiger partial charge in [-0.1, -0.05) is 0 Å². The first-order valence-electron chi connectivity index (χ1n) is 5.45. The van der Waals surface area contributed by atoms with E-state index in [1.165, 1.54) is 19.1 Å². The number of rotatable bonds is 5. The summed E-state index contributed by atoms with van der Waals surface area (Å²) in [7, 11) is 4.45. The normalized spacial score (nSPS) is 10.3. The minimum absolute atomic E-state index is 0.365. The Morgan fingerprint density at radius 2 is 2.00 bits per heavy atom. The summed E-state index contributed by atoms with van der Waals surface area (Å²) in [6, 6.07) is 1.84. The van der Waals surface area contributed by atoms with Crippen LogP contribution in [0.4, 0.5) is 8.78 Å². The van der Waals surface area contributed by atoms with Crippen molar-refractivity contribution >= 4 is 5.91 Å². The van der Waals surface area contributed by atoms with Gasteiger partial charge in [0.15, 0.2) is 11.6 Å². The molecule has 1 aromatic carbocycles. The van der Waals surface area contributed by atoms with E-state index in [9.17, 15) is 13.6 Å². The highest BCUT2D eigenvalue weighted by atomic mass is 19.1. The molecule has 0 radical (unpaired) electrons. The average Bonchev–Trinajstić information content (AvgIpc) is 2.37. The molecule has 0 spiro atoms. The summed E-state index contributed by atoms with van der Waals surface area (Å²) in [5.74, 6) is -2.53. The van der Waals surface area contributed by atoms with Crippen molar-refractivity contribution < 1.29 is 18.3 Å². The fourth-order valence-electron chi connectivity index (χ4n) is 1.50. The molecule has 0 aliphatic rings. The Balaban J connectivity index is 3.08. The van der Waals surface area contributed by atoms with E-state index in [4.69, 9.17) is 4.74 Å². The van der Waals surface area contributed by atoms with E-state index >= 15 is 0 Å². The van der Waals surface area contributed by atoms with Gasteiger partial charge in [0.2, 0.25) is 0 Å². The SMILES string of the molecule is CNCCN(C)C(=O)c1c(F)ccc(F)c1OC. The van der Waals surface area contributed by atoms with E-state index in [0.29, 0.717) is 13.1 Å². The largest absolute Gasteiger partial charge is 0.493 e. The second kappa shape index (κ2) is 6.30. The predicted octanol–water partition coefficient (Wildman–Crippen LogP) is 1.26. The number of carbonyl (C=O) groups is 1. The van der Waals surface area contributed by atoms with Crippen molar-refractivity contribution in [2.24, 2.45) is 0 Å². The second-order valence-electron chi connectivity index (χ2n) is 3.77. The number of amides is 1. The summed E-state index contributed by atoms with van der Waals surface area (Å²) < 4.78 is 31.8. The van der Waals surface area contributed by atoms with Gasteiger partial charge in [-0.15, -0.1) is 0 Å². The van der Waals surface area contributed by atoms with Gasteiger partial charge in [-0.2, -0.15) is 0 Å². The molecule has 0 saturated carbocycles. The van der Waals surface area contributed by atoms with Crippen LogP contribution >= 0.6 is 0 Å². The Morgan fingerprint density at radius 3 is 2.56 bits per heavy atom. The van der Waals surface area contributed by atoms with Gasteiger partial charge >= 0.3 is 0 Å². The summed E-state index contributed by atoms with van der Waals surface area (Å²) >= 11 is 0. The first-order chi connectivity index (χ1) is 8.52. The first-order valence-corrected chi connectivity index (χ1v) is 5.45. The van der Waals surface area contributed by atoms with Crippen LogP contribution in [0.1, 0.15) is 10.4 Å². The number of halogens is 2. The Kier molecular flexibility index (Phi) is 5.03. The lowest BCUT2D eigenvalue weighted by atomic mass is 10.1. The van der Waals surface area contributed by atoms with Crippen LogP contribution in [0.25, 0.3) is 0 Å². The minimum Gasteiger partial charge on any atom is -0.493 e. The molecule has 1 aromatic rings. The highest BCUT2D eigenvalue weighted by Crippen LogP contribution is 2.26. The summed E-state index contributed by atoms with van der Waals surface area (Å²) in [5.41, 5.74) is -0.379. The molecule has 1 N–H and O–H groups in total. The third-order valence-electron chi connectivity index (χ3n) is 2.52. The van der Waals surface area contributed by atoms with Crippen molar-refractivity contribution in [2.45, 2.75) is 0 Å². The molecule has 6 heteroatoms. The molecule has 4 nitrogen and oxygen atoms in total. The number of carbonyl (C=O) groups excluding carboxylic acids is 1. The zero-order valence-corrected chi connectivity index (χ0v) is 10.6. The van der Waals surface area contributed by atoms with E-state index in [1.807, 2.05) is 0 Å². The lowest BCUT2D eigenvalue weighted by molar-refractivity contribution is 0.0787. The Bertz CT molecular complexity index is 438. The molecule has 0 atom stereocenters. The van der Waals surface area contributed by atoms with Crippen molar-refractivity contribution in [1.82, 2.24) is 10.2 Å². The fraction of sp³-hybridized carbons (Fsp3) is 0.417. The van der Waals surface area contributed by atoms with Gasteiger partial charge in [0.05, 0.1) is 7.11 Å². The Labute approximate surface area is 105 Å². The van der Waals surface area contributed by atoms with Gasteiger partial charge in [0.25, 0.3) is 5.91 Å². The number of benzene rings is 1. The topological polar surface area (TPSA) is 41.6 Å². The lowest BCUT2D eigenvalue weighted by Gasteiger charge is -2.19. The Morgan fingerprint density at radius 1 is 1.39 bits per heavy atom. The van der Waals surface area contributed by atoms with Crippen LogP contribution in [0.3, 0.4) is 0 Å². The van der Waals surface area contributed by atoms with Crippen LogP contribution in [0.5, 0.6) is 5.75 Å². The number of nitrogens with one attached hydrogen (secondary N) is 1. The third-order valence-corrected chi connectivity index (χ3v) is 2.52. The summed E-state index contributed by atoms with van der Waals surface area (Å²) in [4.78, 5) is 13.3. The van der Waals surface area contributed by atoms with Crippen LogP contribution < -0.4 is 10.1 Å². The molecule has 0 fully saturated rings. The molecular formula is C12H16F2N2O2. The first kappa shape index (κ1) is 14.4. The zero-order chi connectivity index (χ0) is 13.7. The van der Waals surface area contributed by atoms with Crippen LogP contribution in [0, 0.1) is 11.6 Å². The van der Waals surface area contributed by atoms with E-state index in [2.05, 4.69) is 5.32 Å². The molecule has 1 amide bonds. The number of nitrogens with zero attached hydrogens (tertiary/aromatic N) is 1. The van der Waals surface area contributed by atoms with Gasteiger partial charge < -0.3 is 15.0 Å². The number of ether oxygens (including phenoxy) is 1. The Hall–Kier alpha value is -1.69. The number of likely N-dealkylation sites (N-methyl/N-ethyl adjacent to an activating group) is 2. The molecule has 100 valence electrons. The zero-order valence-electron chi connectivity index (χ0n) is 10.6. The lowest BCUT2D eigenvalue weighted by Crippen LogP contribution is -2.33. The number of hydrogen-bond donors (Lipinski definition) is 1. The average molecular weight is 258 g/mol. The van der Waals surface area contributed by atoms with Crippen molar-refractivity contribution in [3.63, 3.8) is 0 Å². The highest BCUT2D eigenvalue weighted by molar-refractivity contribution is 5.97. The molecule has 0 heterocycles. The molecule has 1 rings (SSSR count). The number of hydrogen-bond acceptors (Lipinski definition) is 3. The smallest absolute Gasteiger partial charge is 0.260 e. The molecule has 0 bridgehead atoms. The van der Waals surface area contributed by atoms with Crippen LogP contribution in [0.15, 0.2) is 12.1 Å². The maximum Gasteiger partial charge on any atom is 0.260 e. The third kappa shape index (κ3) is 2.95. The highest BCUT2D eigenvalue weighted by Gasteiger charge is 2.23. The molecule has 0 saturated heterocycles. The van der Waals surface area contributed by atoms with Crippen molar-refractivity contribution in [2.75, 3.05) is 34.3 Å². The van der Waals surface area contributed by atoms with Crippen molar-refractivity contribution in [3.05, 3.63) is 29.3 Å².